The first-order valence-electron chi connectivity index (χ1n) is 8.84. The zero-order valence-electron chi connectivity index (χ0n) is 15.5. The quantitative estimate of drug-likeness (QED) is 0.399. The van der Waals surface area contributed by atoms with Crippen LogP contribution < -0.4 is 10.6 Å². The lowest BCUT2D eigenvalue weighted by molar-refractivity contribution is -0.137. The Bertz CT molecular complexity index is 1030. The molecule has 0 unspecified atom stereocenters. The van der Waals surface area contributed by atoms with E-state index in [4.69, 9.17) is 23.8 Å². The van der Waals surface area contributed by atoms with Gasteiger partial charge in [0.05, 0.1) is 18.2 Å². The van der Waals surface area contributed by atoms with E-state index in [-0.39, 0.29) is 11.5 Å². The van der Waals surface area contributed by atoms with Gasteiger partial charge in [0.1, 0.15) is 10.8 Å². The fourth-order valence-corrected chi connectivity index (χ4v) is 3.84. The van der Waals surface area contributed by atoms with Crippen LogP contribution in [0.5, 0.6) is 0 Å². The highest BCUT2D eigenvalue weighted by molar-refractivity contribution is 7.99. The summed E-state index contributed by atoms with van der Waals surface area (Å²) in [6.07, 6.45) is 1.46. The smallest absolute Gasteiger partial charge is 0.305 e. The average molecular weight is 462 g/mol. The van der Waals surface area contributed by atoms with Crippen LogP contribution in [0.1, 0.15) is 18.0 Å². The number of hydrogen-bond donors (Lipinski definition) is 3. The lowest BCUT2D eigenvalue weighted by Crippen LogP contribution is -2.33. The van der Waals surface area contributed by atoms with Gasteiger partial charge in [-0.25, -0.2) is 9.37 Å². The summed E-state index contributed by atoms with van der Waals surface area (Å²) in [4.78, 5) is 16.6. The predicted molar refractivity (Wildman–Crippen MR) is 121 cm³/mol. The van der Waals surface area contributed by atoms with Gasteiger partial charge in [0.15, 0.2) is 5.11 Å². The van der Waals surface area contributed by atoms with Crippen molar-refractivity contribution in [3.05, 3.63) is 83.3 Å². The van der Waals surface area contributed by atoms with Gasteiger partial charge in [0.25, 0.3) is 0 Å². The summed E-state index contributed by atoms with van der Waals surface area (Å²) < 4.78 is 13.2. The minimum Gasteiger partial charge on any atom is -0.481 e. The second-order valence-corrected chi connectivity index (χ2v) is 8.12. The van der Waals surface area contributed by atoms with Gasteiger partial charge < -0.3 is 15.7 Å². The van der Waals surface area contributed by atoms with Crippen molar-refractivity contribution >= 4 is 52.3 Å². The van der Waals surface area contributed by atoms with Gasteiger partial charge in [0.2, 0.25) is 0 Å². The molecule has 0 spiro atoms. The van der Waals surface area contributed by atoms with E-state index >= 15 is 0 Å². The molecule has 0 amide bonds. The van der Waals surface area contributed by atoms with E-state index in [0.29, 0.717) is 21.3 Å². The van der Waals surface area contributed by atoms with E-state index in [9.17, 15) is 14.3 Å². The number of anilines is 1. The standard InChI is InChI=1S/C21H17ClFN3O2S2/c22-14-5-9-16(10-6-14)30-20-17(2-1-11-24-20)25-21(29)26-18(12-19(27)28)13-3-7-15(23)8-4-13/h1-11,18H,12H2,(H,27,28)(H2,25,26,29)/t18-/m1/s1. The highest BCUT2D eigenvalue weighted by Gasteiger charge is 2.17. The molecule has 3 rings (SSSR count). The molecule has 0 aliphatic heterocycles. The summed E-state index contributed by atoms with van der Waals surface area (Å²) in [6.45, 7) is 0. The topological polar surface area (TPSA) is 74.2 Å². The second kappa shape index (κ2) is 10.4. The summed E-state index contributed by atoms with van der Waals surface area (Å²) >= 11 is 12.8. The van der Waals surface area contributed by atoms with Gasteiger partial charge in [-0.2, -0.15) is 0 Å². The number of pyridine rings is 1. The van der Waals surface area contributed by atoms with Gasteiger partial charge in [-0.05, 0) is 66.3 Å². The van der Waals surface area contributed by atoms with Crippen LogP contribution in [0.25, 0.3) is 0 Å². The Kier molecular flexibility index (Phi) is 7.62. The molecule has 1 aromatic heterocycles. The van der Waals surface area contributed by atoms with Crippen LogP contribution in [0.15, 0.2) is 76.8 Å². The number of carboxylic acids is 1. The van der Waals surface area contributed by atoms with Crippen molar-refractivity contribution in [3.8, 4) is 0 Å². The minimum absolute atomic E-state index is 0.215. The molecule has 0 saturated heterocycles. The van der Waals surface area contributed by atoms with Crippen molar-refractivity contribution in [2.75, 3.05) is 5.32 Å². The van der Waals surface area contributed by atoms with Gasteiger partial charge in [-0.1, -0.05) is 35.5 Å². The predicted octanol–water partition coefficient (Wildman–Crippen LogP) is 5.53. The number of thiocarbonyl (C=S) groups is 1. The van der Waals surface area contributed by atoms with Crippen molar-refractivity contribution in [1.82, 2.24) is 10.3 Å². The summed E-state index contributed by atoms with van der Waals surface area (Å²) in [6, 6.07) is 16.0. The van der Waals surface area contributed by atoms with Crippen molar-refractivity contribution in [3.63, 3.8) is 0 Å². The van der Waals surface area contributed by atoms with Gasteiger partial charge in [-0.15, -0.1) is 0 Å². The maximum atomic E-state index is 13.2. The van der Waals surface area contributed by atoms with E-state index in [1.54, 1.807) is 24.4 Å². The highest BCUT2D eigenvalue weighted by atomic mass is 35.5. The van der Waals surface area contributed by atoms with Crippen molar-refractivity contribution in [1.29, 1.82) is 0 Å². The van der Waals surface area contributed by atoms with E-state index < -0.39 is 17.8 Å². The number of halogens is 2. The normalized spacial score (nSPS) is 11.5. The van der Waals surface area contributed by atoms with Crippen LogP contribution >= 0.6 is 35.6 Å². The Hall–Kier alpha value is -2.68. The number of carboxylic acid groups (broad SMARTS) is 1. The molecule has 154 valence electrons. The largest absolute Gasteiger partial charge is 0.481 e. The molecule has 30 heavy (non-hydrogen) atoms. The molecule has 5 nitrogen and oxygen atoms in total. The van der Waals surface area contributed by atoms with E-state index in [2.05, 4.69) is 15.6 Å². The molecule has 1 heterocycles. The summed E-state index contributed by atoms with van der Waals surface area (Å²) in [5, 5.41) is 16.9. The molecule has 0 aliphatic rings. The van der Waals surface area contributed by atoms with Crippen molar-refractivity contribution in [2.45, 2.75) is 22.4 Å². The molecule has 0 bridgehead atoms. The first-order chi connectivity index (χ1) is 14.4. The third-order valence-corrected chi connectivity index (χ3v) is 5.50. The molecule has 9 heteroatoms. The molecule has 3 aromatic rings. The molecule has 0 aliphatic carbocycles. The van der Waals surface area contributed by atoms with E-state index in [0.717, 1.165) is 4.90 Å². The second-order valence-electron chi connectivity index (χ2n) is 6.21. The van der Waals surface area contributed by atoms with E-state index in [1.807, 2.05) is 18.2 Å². The average Bonchev–Trinajstić information content (AvgIpc) is 2.71. The minimum atomic E-state index is -1.00. The number of aliphatic carboxylic acids is 1. The maximum absolute atomic E-state index is 13.2. The first kappa shape index (κ1) is 22.0. The fraction of sp³-hybridized carbons (Fsp3) is 0.0952. The Morgan fingerprint density at radius 2 is 1.87 bits per heavy atom. The number of rotatable bonds is 7. The summed E-state index contributed by atoms with van der Waals surface area (Å²) in [5.41, 5.74) is 1.29. The van der Waals surface area contributed by atoms with Crippen LogP contribution in [0.4, 0.5) is 10.1 Å². The first-order valence-corrected chi connectivity index (χ1v) is 10.4. The monoisotopic (exact) mass is 461 g/mol. The number of carbonyl (C=O) groups is 1. The lowest BCUT2D eigenvalue weighted by atomic mass is 10.0. The Morgan fingerprint density at radius 3 is 2.53 bits per heavy atom. The third-order valence-electron chi connectivity index (χ3n) is 4.00. The zero-order chi connectivity index (χ0) is 21.5. The Labute approximate surface area is 187 Å². The third kappa shape index (κ3) is 6.41. The highest BCUT2D eigenvalue weighted by Crippen LogP contribution is 2.32. The molecule has 0 saturated carbocycles. The molecule has 3 N–H and O–H groups in total. The fourth-order valence-electron chi connectivity index (χ4n) is 2.62. The molecule has 0 radical (unpaired) electrons. The van der Waals surface area contributed by atoms with Crippen LogP contribution in [-0.2, 0) is 4.79 Å². The van der Waals surface area contributed by atoms with Crippen LogP contribution in [-0.4, -0.2) is 21.2 Å². The molecule has 0 fully saturated rings. The summed E-state index contributed by atoms with van der Waals surface area (Å²) in [5.74, 6) is -1.40. The number of benzene rings is 2. The van der Waals surface area contributed by atoms with Crippen LogP contribution in [0.3, 0.4) is 0 Å². The molecule has 2 aromatic carbocycles. The van der Waals surface area contributed by atoms with Gasteiger partial charge in [0, 0.05) is 16.1 Å². The molecule has 1 atom stereocenters. The van der Waals surface area contributed by atoms with Gasteiger partial charge >= 0.3 is 5.97 Å². The lowest BCUT2D eigenvalue weighted by Gasteiger charge is -2.20. The molecular formula is C21H17ClFN3O2S2. The Morgan fingerprint density at radius 1 is 1.17 bits per heavy atom. The number of aromatic nitrogens is 1. The number of nitrogens with one attached hydrogen (secondary N) is 2. The van der Waals surface area contributed by atoms with E-state index in [1.165, 1.54) is 36.0 Å². The van der Waals surface area contributed by atoms with Crippen molar-refractivity contribution in [2.24, 2.45) is 0 Å². The van der Waals surface area contributed by atoms with Crippen LogP contribution in [0.2, 0.25) is 5.02 Å². The Balaban J connectivity index is 1.73. The maximum Gasteiger partial charge on any atom is 0.305 e. The van der Waals surface area contributed by atoms with Crippen molar-refractivity contribution < 1.29 is 14.3 Å². The SMILES string of the molecule is O=C(O)C[C@@H](NC(=S)Nc1cccnc1Sc1ccc(Cl)cc1)c1ccc(F)cc1. The summed E-state index contributed by atoms with van der Waals surface area (Å²) in [7, 11) is 0. The molecular weight excluding hydrogens is 445 g/mol. The number of hydrogen-bond acceptors (Lipinski definition) is 4. The zero-order valence-corrected chi connectivity index (χ0v) is 17.9. The van der Waals surface area contributed by atoms with Gasteiger partial charge in [-0.3, -0.25) is 4.79 Å². The number of nitrogens with zero attached hydrogens (tertiary/aromatic N) is 1. The van der Waals surface area contributed by atoms with Crippen LogP contribution in [0, 0.1) is 5.82 Å².